The molecule has 0 aromatic heterocycles. The van der Waals surface area contributed by atoms with Crippen LogP contribution in [-0.4, -0.2) is 18.2 Å². The van der Waals surface area contributed by atoms with E-state index < -0.39 is 5.97 Å². The molecule has 1 rings (SSSR count). The number of ether oxygens (including phenoxy) is 1. The molecule has 0 saturated carbocycles. The van der Waals surface area contributed by atoms with Gasteiger partial charge < -0.3 is 9.84 Å². The third kappa shape index (κ3) is 3.14. The van der Waals surface area contributed by atoms with Crippen molar-refractivity contribution in [3.05, 3.63) is 47.3 Å². The van der Waals surface area contributed by atoms with Crippen molar-refractivity contribution in [1.82, 2.24) is 0 Å². The lowest BCUT2D eigenvalue weighted by Crippen LogP contribution is -2.02. The van der Waals surface area contributed by atoms with Crippen molar-refractivity contribution in [2.45, 2.75) is 6.42 Å². The van der Waals surface area contributed by atoms with E-state index in [-0.39, 0.29) is 11.3 Å². The van der Waals surface area contributed by atoms with Gasteiger partial charge in [-0.3, -0.25) is 0 Å². The topological polar surface area (TPSA) is 70.3 Å². The lowest BCUT2D eigenvalue weighted by Gasteiger charge is -1.96. The monoisotopic (exact) mass is 217 g/mol. The molecule has 0 aliphatic heterocycles. The lowest BCUT2D eigenvalue weighted by atomic mass is 10.1. The summed E-state index contributed by atoms with van der Waals surface area (Å²) in [5.41, 5.74) is 0.613. The number of carbonyl (C=O) groups is 1. The van der Waals surface area contributed by atoms with E-state index in [1.165, 1.54) is 19.3 Å². The number of nitriles is 1. The zero-order chi connectivity index (χ0) is 12.0. The van der Waals surface area contributed by atoms with E-state index in [1.54, 1.807) is 24.3 Å². The maximum atomic E-state index is 11.1. The summed E-state index contributed by atoms with van der Waals surface area (Å²) in [5.74, 6) is -0.505. The molecule has 0 saturated heterocycles. The molecule has 1 aliphatic rings. The van der Waals surface area contributed by atoms with Crippen LogP contribution in [0.15, 0.2) is 47.3 Å². The molecule has 0 fully saturated rings. The fourth-order valence-corrected chi connectivity index (χ4v) is 1.15. The number of carbonyl (C=O) groups excluding carboxylic acids is 1. The average molecular weight is 217 g/mol. The number of hydrogen-bond acceptors (Lipinski definition) is 4. The molecular weight excluding hydrogens is 206 g/mol. The lowest BCUT2D eigenvalue weighted by molar-refractivity contribution is -0.135. The van der Waals surface area contributed by atoms with Crippen molar-refractivity contribution in [3.63, 3.8) is 0 Å². The van der Waals surface area contributed by atoms with Gasteiger partial charge in [0.15, 0.2) is 0 Å². The largest absolute Gasteiger partial charge is 0.508 e. The Hall–Kier alpha value is -2.28. The molecule has 1 aliphatic carbocycles. The molecular formula is C12H11NO3. The third-order valence-corrected chi connectivity index (χ3v) is 1.96. The number of aliphatic hydroxyl groups excluding tert-OH is 1. The van der Waals surface area contributed by atoms with Crippen molar-refractivity contribution >= 4 is 5.97 Å². The van der Waals surface area contributed by atoms with Crippen LogP contribution in [0.1, 0.15) is 6.42 Å². The molecule has 0 atom stereocenters. The molecule has 4 heteroatoms. The Labute approximate surface area is 93.5 Å². The molecule has 0 amide bonds. The minimum absolute atomic E-state index is 0.0696. The Morgan fingerprint density at radius 2 is 2.31 bits per heavy atom. The van der Waals surface area contributed by atoms with E-state index in [0.717, 1.165) is 0 Å². The first kappa shape index (κ1) is 11.8. The molecule has 0 bridgehead atoms. The molecule has 0 unspecified atom stereocenters. The van der Waals surface area contributed by atoms with Crippen molar-refractivity contribution < 1.29 is 14.6 Å². The quantitative estimate of drug-likeness (QED) is 0.436. The summed E-state index contributed by atoms with van der Waals surface area (Å²) in [6.07, 6.45) is 8.52. The van der Waals surface area contributed by atoms with Crippen LogP contribution in [-0.2, 0) is 9.53 Å². The summed E-state index contributed by atoms with van der Waals surface area (Å²) >= 11 is 0. The number of methoxy groups -OCH3 is 1. The molecule has 0 radical (unpaired) electrons. The number of esters is 1. The van der Waals surface area contributed by atoms with Gasteiger partial charge in [0.25, 0.3) is 0 Å². The summed E-state index contributed by atoms with van der Waals surface area (Å²) < 4.78 is 4.45. The maximum absolute atomic E-state index is 11.1. The summed E-state index contributed by atoms with van der Waals surface area (Å²) in [6, 6.07) is 1.76. The predicted octanol–water partition coefficient (Wildman–Crippen LogP) is 1.94. The zero-order valence-electron chi connectivity index (χ0n) is 8.80. The third-order valence-electron chi connectivity index (χ3n) is 1.96. The predicted molar refractivity (Wildman–Crippen MR) is 58.3 cm³/mol. The smallest absolute Gasteiger partial charge is 0.348 e. The highest BCUT2D eigenvalue weighted by Gasteiger charge is 2.08. The summed E-state index contributed by atoms with van der Waals surface area (Å²) in [5, 5.41) is 18.0. The van der Waals surface area contributed by atoms with Crippen LogP contribution in [0.4, 0.5) is 0 Å². The standard InChI is InChI=1S/C12H11NO3/c1-16-12(15)10(8-13)7-9-3-2-4-11(14)6-5-9/h3-7,14H,2H2,1H3/b10-7+. The second-order valence-electron chi connectivity index (χ2n) is 3.06. The van der Waals surface area contributed by atoms with Crippen molar-refractivity contribution in [1.29, 1.82) is 5.26 Å². The molecule has 0 aromatic rings. The number of aliphatic hydroxyl groups is 1. The SMILES string of the molecule is COC(=O)/C(C#N)=C/C1=CCC=C(O)C=C1. The van der Waals surface area contributed by atoms with Gasteiger partial charge in [-0.05, 0) is 30.2 Å². The second kappa shape index (κ2) is 5.56. The highest BCUT2D eigenvalue weighted by molar-refractivity contribution is 5.93. The van der Waals surface area contributed by atoms with Crippen molar-refractivity contribution in [2.24, 2.45) is 0 Å². The van der Waals surface area contributed by atoms with E-state index in [1.807, 2.05) is 0 Å². The molecule has 0 spiro atoms. The highest BCUT2D eigenvalue weighted by Crippen LogP contribution is 2.12. The summed E-state index contributed by atoms with van der Waals surface area (Å²) in [6.45, 7) is 0. The van der Waals surface area contributed by atoms with Crippen molar-refractivity contribution in [3.8, 4) is 6.07 Å². The van der Waals surface area contributed by atoms with Crippen molar-refractivity contribution in [2.75, 3.05) is 7.11 Å². The van der Waals surface area contributed by atoms with Gasteiger partial charge in [0.2, 0.25) is 0 Å². The van der Waals surface area contributed by atoms with Gasteiger partial charge in [-0.1, -0.05) is 12.2 Å². The van der Waals surface area contributed by atoms with Crippen LogP contribution in [0.2, 0.25) is 0 Å². The first-order valence-corrected chi connectivity index (χ1v) is 4.65. The highest BCUT2D eigenvalue weighted by atomic mass is 16.5. The molecule has 4 nitrogen and oxygen atoms in total. The van der Waals surface area contributed by atoms with Gasteiger partial charge >= 0.3 is 5.97 Å². The molecule has 0 aromatic carbocycles. The molecule has 0 heterocycles. The van der Waals surface area contributed by atoms with E-state index in [0.29, 0.717) is 12.0 Å². The van der Waals surface area contributed by atoms with Gasteiger partial charge in [-0.2, -0.15) is 5.26 Å². The van der Waals surface area contributed by atoms with E-state index in [4.69, 9.17) is 5.26 Å². The van der Waals surface area contributed by atoms with Gasteiger partial charge in [0.05, 0.1) is 7.11 Å². The zero-order valence-corrected chi connectivity index (χ0v) is 8.80. The normalized spacial score (nSPS) is 15.6. The number of hydrogen-bond donors (Lipinski definition) is 1. The Morgan fingerprint density at radius 3 is 2.94 bits per heavy atom. The molecule has 82 valence electrons. The fraction of sp³-hybridized carbons (Fsp3) is 0.167. The number of rotatable bonds is 2. The van der Waals surface area contributed by atoms with Gasteiger partial charge in [0, 0.05) is 0 Å². The molecule has 1 N–H and O–H groups in total. The van der Waals surface area contributed by atoms with E-state index in [9.17, 15) is 9.90 Å². The van der Waals surface area contributed by atoms with E-state index >= 15 is 0 Å². The first-order chi connectivity index (χ1) is 7.67. The Bertz CT molecular complexity index is 447. The Morgan fingerprint density at radius 1 is 1.56 bits per heavy atom. The Kier molecular flexibility index (Phi) is 4.10. The maximum Gasteiger partial charge on any atom is 0.348 e. The average Bonchev–Trinajstić information content (AvgIpc) is 2.50. The van der Waals surface area contributed by atoms with Gasteiger partial charge in [-0.25, -0.2) is 4.79 Å². The fourth-order valence-electron chi connectivity index (χ4n) is 1.15. The second-order valence-corrected chi connectivity index (χ2v) is 3.06. The number of nitrogens with zero attached hydrogens (tertiary/aromatic N) is 1. The van der Waals surface area contributed by atoms with Crippen LogP contribution in [0.5, 0.6) is 0 Å². The van der Waals surface area contributed by atoms with Gasteiger partial charge in [0.1, 0.15) is 17.4 Å². The van der Waals surface area contributed by atoms with Crippen LogP contribution in [0.25, 0.3) is 0 Å². The minimum Gasteiger partial charge on any atom is -0.508 e. The van der Waals surface area contributed by atoms with E-state index in [2.05, 4.69) is 4.74 Å². The number of allylic oxidation sites excluding steroid dienone is 6. The van der Waals surface area contributed by atoms with Crippen LogP contribution >= 0.6 is 0 Å². The minimum atomic E-state index is -0.668. The first-order valence-electron chi connectivity index (χ1n) is 4.65. The van der Waals surface area contributed by atoms with Gasteiger partial charge in [-0.15, -0.1) is 0 Å². The summed E-state index contributed by atoms with van der Waals surface area (Å²) in [4.78, 5) is 11.1. The molecule has 16 heavy (non-hydrogen) atoms. The Balaban J connectivity index is 2.92. The van der Waals surface area contributed by atoms with Crippen LogP contribution in [0, 0.1) is 11.3 Å². The van der Waals surface area contributed by atoms with Crippen LogP contribution < -0.4 is 0 Å². The summed E-state index contributed by atoms with van der Waals surface area (Å²) in [7, 11) is 1.22. The van der Waals surface area contributed by atoms with Crippen LogP contribution in [0.3, 0.4) is 0 Å².